The van der Waals surface area contributed by atoms with Gasteiger partial charge >= 0.3 is 6.09 Å². The maximum Gasteiger partial charge on any atom is 0.408 e. The van der Waals surface area contributed by atoms with Gasteiger partial charge in [0, 0.05) is 31.4 Å². The summed E-state index contributed by atoms with van der Waals surface area (Å²) in [5.74, 6) is -0.122. The van der Waals surface area contributed by atoms with Crippen LogP contribution in [0.1, 0.15) is 46.2 Å². The average molecular weight is 369 g/mol. The second-order valence-electron chi connectivity index (χ2n) is 7.10. The topological polar surface area (TPSA) is 74.8 Å². The van der Waals surface area contributed by atoms with Gasteiger partial charge in [-0.2, -0.15) is 0 Å². The standard InChI is InChI=1S/C17H28N4O3S/c1-5-21(20-8-6-7-9-20)15(22)14(10-13-11-25-12-18-13)19-16(23)24-17(2,3)4/h11-12,14H,5-10H2,1-4H3,(H,19,23)/t14-/m0/s1. The normalized spacial score (nSPS) is 16.5. The second-order valence-corrected chi connectivity index (χ2v) is 7.82. The molecule has 8 heteroatoms. The molecule has 0 aliphatic carbocycles. The molecule has 7 nitrogen and oxygen atoms in total. The van der Waals surface area contributed by atoms with E-state index >= 15 is 0 Å². The monoisotopic (exact) mass is 368 g/mol. The number of alkyl carbamates (subject to hydrolysis) is 1. The SMILES string of the molecule is CCN(C(=O)[C@H](Cc1cscn1)NC(=O)OC(C)(C)C)N1CCCC1. The van der Waals surface area contributed by atoms with Gasteiger partial charge in [-0.25, -0.2) is 14.8 Å². The molecule has 140 valence electrons. The summed E-state index contributed by atoms with van der Waals surface area (Å²) < 4.78 is 5.32. The van der Waals surface area contributed by atoms with E-state index in [1.165, 1.54) is 11.3 Å². The molecule has 0 spiro atoms. The zero-order valence-electron chi connectivity index (χ0n) is 15.4. The van der Waals surface area contributed by atoms with Crippen LogP contribution >= 0.6 is 11.3 Å². The zero-order chi connectivity index (χ0) is 18.4. The Hall–Kier alpha value is -1.67. The summed E-state index contributed by atoms with van der Waals surface area (Å²) in [5.41, 5.74) is 1.90. The number of ether oxygens (including phenoxy) is 1. The van der Waals surface area contributed by atoms with Crippen molar-refractivity contribution in [2.45, 2.75) is 58.6 Å². The maximum atomic E-state index is 13.1. The highest BCUT2D eigenvalue weighted by Crippen LogP contribution is 2.15. The third-order valence-corrected chi connectivity index (χ3v) is 4.50. The van der Waals surface area contributed by atoms with Gasteiger partial charge in [0.25, 0.3) is 5.91 Å². The predicted octanol–water partition coefficient (Wildman–Crippen LogP) is 2.44. The largest absolute Gasteiger partial charge is 0.444 e. The van der Waals surface area contributed by atoms with Crippen LogP contribution in [0.3, 0.4) is 0 Å². The highest BCUT2D eigenvalue weighted by Gasteiger charge is 2.31. The van der Waals surface area contributed by atoms with Gasteiger partial charge in [-0.15, -0.1) is 11.3 Å². The fourth-order valence-corrected chi connectivity index (χ4v) is 3.39. The molecule has 1 aromatic rings. The number of carbonyl (C=O) groups excluding carboxylic acids is 2. The Morgan fingerprint density at radius 2 is 2.08 bits per heavy atom. The highest BCUT2D eigenvalue weighted by molar-refractivity contribution is 7.07. The molecule has 25 heavy (non-hydrogen) atoms. The molecule has 0 unspecified atom stereocenters. The average Bonchev–Trinajstić information content (AvgIpc) is 3.18. The van der Waals surface area contributed by atoms with Crippen molar-refractivity contribution >= 4 is 23.3 Å². The van der Waals surface area contributed by atoms with Crippen molar-refractivity contribution in [2.75, 3.05) is 19.6 Å². The van der Waals surface area contributed by atoms with Crippen LogP contribution in [-0.4, -0.2) is 58.3 Å². The van der Waals surface area contributed by atoms with E-state index in [1.54, 1.807) is 31.3 Å². The van der Waals surface area contributed by atoms with Crippen LogP contribution in [0.4, 0.5) is 4.79 Å². The van der Waals surface area contributed by atoms with Gasteiger partial charge < -0.3 is 10.1 Å². The quantitative estimate of drug-likeness (QED) is 0.835. The summed E-state index contributed by atoms with van der Waals surface area (Å²) in [6.07, 6.45) is 1.94. The Labute approximate surface area is 153 Å². The number of carbonyl (C=O) groups is 2. The van der Waals surface area contributed by atoms with Crippen LogP contribution in [-0.2, 0) is 16.0 Å². The minimum atomic E-state index is -0.697. The van der Waals surface area contributed by atoms with Crippen LogP contribution < -0.4 is 5.32 Å². The van der Waals surface area contributed by atoms with E-state index in [-0.39, 0.29) is 5.91 Å². The Bertz CT molecular complexity index is 565. The van der Waals surface area contributed by atoms with Crippen molar-refractivity contribution in [1.82, 2.24) is 20.3 Å². The van der Waals surface area contributed by atoms with E-state index in [2.05, 4.69) is 15.3 Å². The summed E-state index contributed by atoms with van der Waals surface area (Å²) in [6, 6.07) is -0.697. The molecule has 0 saturated carbocycles. The van der Waals surface area contributed by atoms with Crippen molar-refractivity contribution < 1.29 is 14.3 Å². The molecule has 1 aliphatic heterocycles. The first-order chi connectivity index (χ1) is 11.8. The molecular formula is C17H28N4O3S. The molecule has 2 rings (SSSR count). The van der Waals surface area contributed by atoms with Crippen molar-refractivity contribution in [3.05, 3.63) is 16.6 Å². The van der Waals surface area contributed by atoms with E-state index in [4.69, 9.17) is 4.74 Å². The van der Waals surface area contributed by atoms with Crippen LogP contribution in [0, 0.1) is 0 Å². The fraction of sp³-hybridized carbons (Fsp3) is 0.706. The molecule has 0 aromatic carbocycles. The summed E-state index contributed by atoms with van der Waals surface area (Å²) in [7, 11) is 0. The first-order valence-corrected chi connectivity index (χ1v) is 9.67. The number of nitrogens with zero attached hydrogens (tertiary/aromatic N) is 3. The predicted molar refractivity (Wildman–Crippen MR) is 97.2 cm³/mol. The minimum Gasteiger partial charge on any atom is -0.444 e. The van der Waals surface area contributed by atoms with Crippen molar-refractivity contribution in [3.8, 4) is 0 Å². The van der Waals surface area contributed by atoms with Crippen molar-refractivity contribution in [1.29, 1.82) is 0 Å². The Morgan fingerprint density at radius 3 is 2.60 bits per heavy atom. The number of likely N-dealkylation sites (N-methyl/N-ethyl adjacent to an activating group) is 1. The molecule has 1 aromatic heterocycles. The molecular weight excluding hydrogens is 340 g/mol. The van der Waals surface area contributed by atoms with Gasteiger partial charge in [0.05, 0.1) is 11.2 Å². The molecule has 1 aliphatic rings. The Morgan fingerprint density at radius 1 is 1.40 bits per heavy atom. The van der Waals surface area contributed by atoms with Crippen LogP contribution in [0.25, 0.3) is 0 Å². The molecule has 1 N–H and O–H groups in total. The summed E-state index contributed by atoms with van der Waals surface area (Å²) in [6.45, 7) is 9.65. The maximum absolute atomic E-state index is 13.1. The second kappa shape index (κ2) is 8.62. The lowest BCUT2D eigenvalue weighted by molar-refractivity contribution is -0.149. The molecule has 0 radical (unpaired) electrons. The highest BCUT2D eigenvalue weighted by atomic mass is 32.1. The van der Waals surface area contributed by atoms with Gasteiger partial charge in [0.2, 0.25) is 0 Å². The third kappa shape index (κ3) is 5.97. The van der Waals surface area contributed by atoms with Gasteiger partial charge in [-0.3, -0.25) is 9.80 Å². The molecule has 2 amide bonds. The number of thiazole rings is 1. The molecule has 0 bridgehead atoms. The lowest BCUT2D eigenvalue weighted by atomic mass is 10.1. The van der Waals surface area contributed by atoms with E-state index < -0.39 is 17.7 Å². The molecule has 2 heterocycles. The molecule has 1 saturated heterocycles. The summed E-state index contributed by atoms with van der Waals surface area (Å²) in [5, 5.41) is 8.43. The van der Waals surface area contributed by atoms with Gasteiger partial charge in [-0.1, -0.05) is 0 Å². The fourth-order valence-electron chi connectivity index (χ4n) is 2.81. The van der Waals surface area contributed by atoms with Crippen molar-refractivity contribution in [3.63, 3.8) is 0 Å². The van der Waals surface area contributed by atoms with Gasteiger partial charge in [0.15, 0.2) is 0 Å². The summed E-state index contributed by atoms with van der Waals surface area (Å²) >= 11 is 1.47. The number of hydrazine groups is 1. The minimum absolute atomic E-state index is 0.122. The number of nitrogens with one attached hydrogen (secondary N) is 1. The smallest absolute Gasteiger partial charge is 0.408 e. The number of rotatable bonds is 6. The third-order valence-electron chi connectivity index (χ3n) is 3.86. The lowest BCUT2D eigenvalue weighted by Gasteiger charge is -2.33. The van der Waals surface area contributed by atoms with Gasteiger partial charge in [-0.05, 0) is 40.5 Å². The molecule has 1 atom stereocenters. The Kier molecular flexibility index (Phi) is 6.78. The summed E-state index contributed by atoms with van der Waals surface area (Å²) in [4.78, 5) is 29.5. The van der Waals surface area contributed by atoms with Crippen LogP contribution in [0.15, 0.2) is 10.9 Å². The van der Waals surface area contributed by atoms with Crippen molar-refractivity contribution in [2.24, 2.45) is 0 Å². The van der Waals surface area contributed by atoms with Crippen LogP contribution in [0.2, 0.25) is 0 Å². The van der Waals surface area contributed by atoms with Crippen LogP contribution in [0.5, 0.6) is 0 Å². The first kappa shape index (κ1) is 19.7. The Balaban J connectivity index is 2.11. The van der Waals surface area contributed by atoms with E-state index in [9.17, 15) is 9.59 Å². The van der Waals surface area contributed by atoms with E-state index in [0.717, 1.165) is 31.6 Å². The zero-order valence-corrected chi connectivity index (χ0v) is 16.3. The number of aromatic nitrogens is 1. The number of amides is 2. The lowest BCUT2D eigenvalue weighted by Crippen LogP contribution is -2.55. The van der Waals surface area contributed by atoms with E-state index in [0.29, 0.717) is 13.0 Å². The number of hydrogen-bond acceptors (Lipinski definition) is 6. The first-order valence-electron chi connectivity index (χ1n) is 8.73. The van der Waals surface area contributed by atoms with E-state index in [1.807, 2.05) is 12.3 Å². The molecule has 1 fully saturated rings. The van der Waals surface area contributed by atoms with Gasteiger partial charge in [0.1, 0.15) is 11.6 Å². The number of hydrogen-bond donors (Lipinski definition) is 1.